The molecule has 0 atom stereocenters. The zero-order chi connectivity index (χ0) is 11.3. The molecule has 0 amide bonds. The number of aromatic hydroxyl groups is 1. The quantitative estimate of drug-likeness (QED) is 0.663. The van der Waals surface area contributed by atoms with Crippen LogP contribution in [0.5, 0.6) is 5.75 Å². The average molecular weight is 211 g/mol. The fraction of sp³-hybridized carbons (Fsp3) is 0.455. The maximum absolute atomic E-state index is 9.53. The van der Waals surface area contributed by atoms with E-state index in [2.05, 4.69) is 0 Å². The predicted octanol–water partition coefficient (Wildman–Crippen LogP) is 0.492. The first kappa shape index (κ1) is 11.8. The first-order chi connectivity index (χ1) is 7.20. The summed E-state index contributed by atoms with van der Waals surface area (Å²) in [5.41, 5.74) is 1.61. The van der Waals surface area contributed by atoms with E-state index >= 15 is 0 Å². The van der Waals surface area contributed by atoms with Crippen molar-refractivity contribution in [3.8, 4) is 5.75 Å². The van der Waals surface area contributed by atoms with Gasteiger partial charge in [0.1, 0.15) is 5.75 Å². The average Bonchev–Trinajstić information content (AvgIpc) is 2.22. The van der Waals surface area contributed by atoms with Crippen molar-refractivity contribution < 1.29 is 15.3 Å². The molecule has 0 saturated carbocycles. The summed E-state index contributed by atoms with van der Waals surface area (Å²) in [6.45, 7) is 2.76. The van der Waals surface area contributed by atoms with Gasteiger partial charge >= 0.3 is 0 Å². The Morgan fingerprint density at radius 2 is 1.73 bits per heavy atom. The van der Waals surface area contributed by atoms with Crippen LogP contribution in [0.15, 0.2) is 18.2 Å². The second kappa shape index (κ2) is 5.58. The number of hydrogen-bond acceptors (Lipinski definition) is 4. The highest BCUT2D eigenvalue weighted by Gasteiger charge is 2.09. The molecule has 0 aliphatic heterocycles. The number of nitrogens with zero attached hydrogens (tertiary/aromatic N) is 1. The zero-order valence-electron chi connectivity index (χ0n) is 8.85. The van der Waals surface area contributed by atoms with Gasteiger partial charge in [-0.2, -0.15) is 0 Å². The number of benzene rings is 1. The largest absolute Gasteiger partial charge is 0.508 e. The second-order valence-electron chi connectivity index (χ2n) is 3.36. The van der Waals surface area contributed by atoms with E-state index in [1.165, 1.54) is 0 Å². The number of aliphatic hydroxyl groups excluding tert-OH is 2. The monoisotopic (exact) mass is 211 g/mol. The SMILES string of the molecule is Cc1c(O)cccc1N(CCO)CCO. The highest BCUT2D eigenvalue weighted by atomic mass is 16.3. The van der Waals surface area contributed by atoms with Gasteiger partial charge in [-0.15, -0.1) is 0 Å². The van der Waals surface area contributed by atoms with E-state index in [1.807, 2.05) is 17.9 Å². The van der Waals surface area contributed by atoms with Crippen LogP contribution in [-0.4, -0.2) is 41.6 Å². The molecular weight excluding hydrogens is 194 g/mol. The molecule has 0 aromatic heterocycles. The fourth-order valence-corrected chi connectivity index (χ4v) is 1.55. The van der Waals surface area contributed by atoms with Crippen LogP contribution in [0.2, 0.25) is 0 Å². The lowest BCUT2D eigenvalue weighted by atomic mass is 10.1. The van der Waals surface area contributed by atoms with Crippen LogP contribution < -0.4 is 4.90 Å². The van der Waals surface area contributed by atoms with Gasteiger partial charge in [0.2, 0.25) is 0 Å². The van der Waals surface area contributed by atoms with Crippen LogP contribution in [-0.2, 0) is 0 Å². The summed E-state index contributed by atoms with van der Waals surface area (Å²) in [6.07, 6.45) is 0. The van der Waals surface area contributed by atoms with Crippen molar-refractivity contribution in [1.82, 2.24) is 0 Å². The molecule has 0 saturated heterocycles. The molecule has 15 heavy (non-hydrogen) atoms. The van der Waals surface area contributed by atoms with E-state index in [9.17, 15) is 5.11 Å². The number of hydrogen-bond donors (Lipinski definition) is 3. The van der Waals surface area contributed by atoms with E-state index in [-0.39, 0.29) is 19.0 Å². The molecule has 3 N–H and O–H groups in total. The summed E-state index contributed by atoms with van der Waals surface area (Å²) >= 11 is 0. The number of phenolic OH excluding ortho intramolecular Hbond substituents is 1. The Balaban J connectivity index is 2.94. The standard InChI is InChI=1S/C11H17NO3/c1-9-10(3-2-4-11(9)15)12(5-7-13)6-8-14/h2-4,13-15H,5-8H2,1H3. The van der Waals surface area contributed by atoms with Gasteiger partial charge in [0.15, 0.2) is 0 Å². The molecule has 0 spiro atoms. The lowest BCUT2D eigenvalue weighted by Gasteiger charge is -2.25. The van der Waals surface area contributed by atoms with Crippen molar-refractivity contribution in [2.24, 2.45) is 0 Å². The fourth-order valence-electron chi connectivity index (χ4n) is 1.55. The van der Waals surface area contributed by atoms with Crippen molar-refractivity contribution in [2.75, 3.05) is 31.2 Å². The first-order valence-corrected chi connectivity index (χ1v) is 4.96. The molecule has 84 valence electrons. The maximum atomic E-state index is 9.53. The summed E-state index contributed by atoms with van der Waals surface area (Å²) in [7, 11) is 0. The van der Waals surface area contributed by atoms with Crippen LogP contribution in [0.25, 0.3) is 0 Å². The van der Waals surface area contributed by atoms with Crippen LogP contribution in [0.1, 0.15) is 5.56 Å². The first-order valence-electron chi connectivity index (χ1n) is 4.96. The van der Waals surface area contributed by atoms with Gasteiger partial charge < -0.3 is 20.2 Å². The molecule has 4 nitrogen and oxygen atoms in total. The van der Waals surface area contributed by atoms with Crippen molar-refractivity contribution >= 4 is 5.69 Å². The second-order valence-corrected chi connectivity index (χ2v) is 3.36. The number of anilines is 1. The summed E-state index contributed by atoms with van der Waals surface area (Å²) in [4.78, 5) is 1.84. The minimum absolute atomic E-state index is 0.0229. The topological polar surface area (TPSA) is 63.9 Å². The van der Waals surface area contributed by atoms with Gasteiger partial charge in [0, 0.05) is 24.3 Å². The molecular formula is C11H17NO3. The van der Waals surface area contributed by atoms with Crippen molar-refractivity contribution in [1.29, 1.82) is 0 Å². The highest BCUT2D eigenvalue weighted by Crippen LogP contribution is 2.26. The molecule has 0 unspecified atom stereocenters. The molecule has 0 heterocycles. The van der Waals surface area contributed by atoms with E-state index in [0.717, 1.165) is 11.3 Å². The molecule has 4 heteroatoms. The van der Waals surface area contributed by atoms with Gasteiger partial charge in [-0.25, -0.2) is 0 Å². The third-order valence-electron chi connectivity index (χ3n) is 2.36. The van der Waals surface area contributed by atoms with E-state index in [1.54, 1.807) is 12.1 Å². The molecule has 0 radical (unpaired) electrons. The molecule has 1 aromatic rings. The minimum Gasteiger partial charge on any atom is -0.508 e. The van der Waals surface area contributed by atoms with Gasteiger partial charge in [0.25, 0.3) is 0 Å². The van der Waals surface area contributed by atoms with Gasteiger partial charge in [0.05, 0.1) is 13.2 Å². The summed E-state index contributed by atoms with van der Waals surface area (Å²) in [5, 5.41) is 27.3. The summed E-state index contributed by atoms with van der Waals surface area (Å²) < 4.78 is 0. The predicted molar refractivity (Wildman–Crippen MR) is 59.2 cm³/mol. The molecule has 0 bridgehead atoms. The van der Waals surface area contributed by atoms with Crippen LogP contribution in [0, 0.1) is 6.92 Å². The molecule has 1 rings (SSSR count). The van der Waals surface area contributed by atoms with Crippen LogP contribution in [0.3, 0.4) is 0 Å². The Bertz CT molecular complexity index is 309. The number of aliphatic hydroxyl groups is 2. The molecule has 0 aliphatic rings. The van der Waals surface area contributed by atoms with Crippen molar-refractivity contribution in [3.63, 3.8) is 0 Å². The normalized spacial score (nSPS) is 10.3. The van der Waals surface area contributed by atoms with Crippen molar-refractivity contribution in [2.45, 2.75) is 6.92 Å². The van der Waals surface area contributed by atoms with Gasteiger partial charge in [-0.3, -0.25) is 0 Å². The summed E-state index contributed by atoms with van der Waals surface area (Å²) in [6, 6.07) is 5.23. The van der Waals surface area contributed by atoms with Gasteiger partial charge in [-0.1, -0.05) is 6.07 Å². The Kier molecular flexibility index (Phi) is 4.39. The Morgan fingerprint density at radius 1 is 1.13 bits per heavy atom. The minimum atomic E-state index is 0.0229. The van der Waals surface area contributed by atoms with Crippen LogP contribution >= 0.6 is 0 Å². The third kappa shape index (κ3) is 2.84. The summed E-state index contributed by atoms with van der Waals surface area (Å²) in [5.74, 6) is 0.230. The lowest BCUT2D eigenvalue weighted by molar-refractivity contribution is 0.281. The Labute approximate surface area is 89.4 Å². The Morgan fingerprint density at radius 3 is 2.27 bits per heavy atom. The molecule has 1 aromatic carbocycles. The van der Waals surface area contributed by atoms with E-state index in [4.69, 9.17) is 10.2 Å². The lowest BCUT2D eigenvalue weighted by Crippen LogP contribution is -2.30. The van der Waals surface area contributed by atoms with Gasteiger partial charge in [-0.05, 0) is 19.1 Å². The third-order valence-corrected chi connectivity index (χ3v) is 2.36. The number of phenols is 1. The van der Waals surface area contributed by atoms with Crippen LogP contribution in [0.4, 0.5) is 5.69 Å². The zero-order valence-corrected chi connectivity index (χ0v) is 8.85. The van der Waals surface area contributed by atoms with E-state index in [0.29, 0.717) is 13.1 Å². The number of rotatable bonds is 5. The van der Waals surface area contributed by atoms with E-state index < -0.39 is 0 Å². The molecule has 0 fully saturated rings. The Hall–Kier alpha value is -1.26. The molecule has 0 aliphatic carbocycles. The van der Waals surface area contributed by atoms with Crippen molar-refractivity contribution in [3.05, 3.63) is 23.8 Å². The maximum Gasteiger partial charge on any atom is 0.120 e. The smallest absolute Gasteiger partial charge is 0.120 e. The highest BCUT2D eigenvalue weighted by molar-refractivity contribution is 5.58.